The summed E-state index contributed by atoms with van der Waals surface area (Å²) in [5, 5.41) is 5.29. The number of nitrogens with zero attached hydrogens (tertiary/aromatic N) is 2. The van der Waals surface area contributed by atoms with Gasteiger partial charge in [0.2, 0.25) is 0 Å². The van der Waals surface area contributed by atoms with Gasteiger partial charge in [-0.15, -0.1) is 0 Å². The molecule has 0 bridgehead atoms. The molecular weight excluding hydrogens is 453 g/mol. The van der Waals surface area contributed by atoms with Crippen molar-refractivity contribution in [3.63, 3.8) is 0 Å². The summed E-state index contributed by atoms with van der Waals surface area (Å²) >= 11 is 5.45. The fraction of sp³-hybridized carbons (Fsp3) is 0.308. The van der Waals surface area contributed by atoms with Crippen LogP contribution in [0.4, 0.5) is 4.79 Å². The predicted molar refractivity (Wildman–Crippen MR) is 90.1 cm³/mol. The molecule has 0 unspecified atom stereocenters. The molecule has 0 aliphatic heterocycles. The van der Waals surface area contributed by atoms with Crippen LogP contribution in [0.25, 0.3) is 10.9 Å². The molecule has 0 atom stereocenters. The molecule has 2 aromatic rings. The molecule has 1 aromatic carbocycles. The molecule has 112 valence electrons. The molecule has 1 amide bonds. The lowest BCUT2D eigenvalue weighted by atomic mass is 10.1. The summed E-state index contributed by atoms with van der Waals surface area (Å²) in [4.78, 5) is 23.0. The van der Waals surface area contributed by atoms with E-state index < -0.39 is 12.1 Å². The Kier molecular flexibility index (Phi) is 4.29. The molecule has 0 aliphatic carbocycles. The molecule has 2 rings (SSSR count). The van der Waals surface area contributed by atoms with Crippen LogP contribution in [0.2, 0.25) is 0 Å². The molecule has 0 saturated heterocycles. The standard InChI is InChI=1S/C13H13BrIN3O3/c1-13(2,3)18-9-7(10(15)17-18)4-6(14)5-8(9)11(19)21-12(16)20/h4-5H,1-3H3,(H2,16,20). The van der Waals surface area contributed by atoms with Gasteiger partial charge in [0.1, 0.15) is 3.70 Å². The lowest BCUT2D eigenvalue weighted by Gasteiger charge is -2.21. The minimum absolute atomic E-state index is 0.239. The normalized spacial score (nSPS) is 11.7. The van der Waals surface area contributed by atoms with Crippen molar-refractivity contribution in [2.45, 2.75) is 26.3 Å². The van der Waals surface area contributed by atoms with Gasteiger partial charge in [-0.25, -0.2) is 9.59 Å². The van der Waals surface area contributed by atoms with Crippen LogP contribution in [-0.2, 0) is 10.3 Å². The minimum atomic E-state index is -1.13. The van der Waals surface area contributed by atoms with E-state index in [4.69, 9.17) is 5.73 Å². The van der Waals surface area contributed by atoms with E-state index in [1.54, 1.807) is 10.7 Å². The Bertz CT molecular complexity index is 749. The third-order valence-corrected chi connectivity index (χ3v) is 4.00. The maximum Gasteiger partial charge on any atom is 0.412 e. The van der Waals surface area contributed by atoms with Crippen LogP contribution >= 0.6 is 38.5 Å². The number of amides is 1. The highest BCUT2D eigenvalue weighted by Gasteiger charge is 2.25. The van der Waals surface area contributed by atoms with Gasteiger partial charge >= 0.3 is 12.1 Å². The fourth-order valence-electron chi connectivity index (χ4n) is 1.96. The van der Waals surface area contributed by atoms with E-state index in [2.05, 4.69) is 48.4 Å². The molecule has 1 aromatic heterocycles. The van der Waals surface area contributed by atoms with E-state index in [-0.39, 0.29) is 11.1 Å². The Labute approximate surface area is 143 Å². The minimum Gasteiger partial charge on any atom is -0.373 e. The summed E-state index contributed by atoms with van der Waals surface area (Å²) in [7, 11) is 0. The van der Waals surface area contributed by atoms with E-state index in [0.29, 0.717) is 9.99 Å². The highest BCUT2D eigenvalue weighted by molar-refractivity contribution is 14.1. The number of fused-ring (bicyclic) bond motifs is 1. The van der Waals surface area contributed by atoms with Crippen LogP contribution in [-0.4, -0.2) is 21.8 Å². The lowest BCUT2D eigenvalue weighted by molar-refractivity contribution is 0.0639. The molecule has 0 spiro atoms. The van der Waals surface area contributed by atoms with Gasteiger partial charge in [-0.3, -0.25) is 4.68 Å². The van der Waals surface area contributed by atoms with Gasteiger partial charge in [-0.2, -0.15) is 5.10 Å². The molecule has 1 heterocycles. The monoisotopic (exact) mass is 465 g/mol. The summed E-state index contributed by atoms with van der Waals surface area (Å²) in [5.41, 5.74) is 5.44. The van der Waals surface area contributed by atoms with Gasteiger partial charge in [0.05, 0.1) is 16.6 Å². The highest BCUT2D eigenvalue weighted by atomic mass is 127. The quantitative estimate of drug-likeness (QED) is 0.397. The van der Waals surface area contributed by atoms with Crippen molar-refractivity contribution in [3.8, 4) is 0 Å². The molecule has 2 N–H and O–H groups in total. The summed E-state index contributed by atoms with van der Waals surface area (Å²) in [6.45, 7) is 5.92. The summed E-state index contributed by atoms with van der Waals surface area (Å²) in [6, 6.07) is 3.46. The van der Waals surface area contributed by atoms with Gasteiger partial charge in [0.25, 0.3) is 0 Å². The first-order chi connectivity index (χ1) is 9.61. The molecule has 21 heavy (non-hydrogen) atoms. The van der Waals surface area contributed by atoms with Crippen molar-refractivity contribution in [1.29, 1.82) is 0 Å². The number of esters is 1. The topological polar surface area (TPSA) is 87.2 Å². The Morgan fingerprint density at radius 2 is 2.00 bits per heavy atom. The Hall–Kier alpha value is -1.16. The zero-order valence-corrected chi connectivity index (χ0v) is 15.4. The number of carbonyl (C=O) groups is 2. The van der Waals surface area contributed by atoms with E-state index in [1.807, 2.05) is 26.8 Å². The van der Waals surface area contributed by atoms with E-state index >= 15 is 0 Å². The molecule has 6 nitrogen and oxygen atoms in total. The predicted octanol–water partition coefficient (Wildman–Crippen LogP) is 3.39. The number of halogens is 2. The van der Waals surface area contributed by atoms with Gasteiger partial charge in [-0.05, 0) is 55.5 Å². The Morgan fingerprint density at radius 3 is 2.52 bits per heavy atom. The van der Waals surface area contributed by atoms with Crippen molar-refractivity contribution in [2.24, 2.45) is 5.73 Å². The molecule has 8 heteroatoms. The van der Waals surface area contributed by atoms with E-state index in [0.717, 1.165) is 9.09 Å². The van der Waals surface area contributed by atoms with Crippen molar-refractivity contribution in [1.82, 2.24) is 9.78 Å². The zero-order chi connectivity index (χ0) is 15.9. The van der Waals surface area contributed by atoms with Crippen LogP contribution in [0.3, 0.4) is 0 Å². The molecular formula is C13H13BrIN3O3. The van der Waals surface area contributed by atoms with Crippen molar-refractivity contribution >= 4 is 61.5 Å². The van der Waals surface area contributed by atoms with Crippen LogP contribution in [0.15, 0.2) is 16.6 Å². The summed E-state index contributed by atoms with van der Waals surface area (Å²) < 4.78 is 7.70. The first-order valence-corrected chi connectivity index (χ1v) is 7.88. The van der Waals surface area contributed by atoms with Crippen LogP contribution in [0.1, 0.15) is 31.1 Å². The highest BCUT2D eigenvalue weighted by Crippen LogP contribution is 2.31. The van der Waals surface area contributed by atoms with E-state index in [9.17, 15) is 9.59 Å². The maximum atomic E-state index is 12.1. The lowest BCUT2D eigenvalue weighted by Crippen LogP contribution is -2.25. The number of hydrogen-bond acceptors (Lipinski definition) is 4. The fourth-order valence-corrected chi connectivity index (χ4v) is 3.05. The molecule has 0 saturated carbocycles. The second kappa shape index (κ2) is 5.56. The maximum absolute atomic E-state index is 12.1. The van der Waals surface area contributed by atoms with Crippen LogP contribution in [0.5, 0.6) is 0 Å². The number of rotatable bonds is 1. The van der Waals surface area contributed by atoms with Gasteiger partial charge in [0.15, 0.2) is 0 Å². The third-order valence-electron chi connectivity index (χ3n) is 2.75. The van der Waals surface area contributed by atoms with Gasteiger partial charge in [0, 0.05) is 9.86 Å². The first kappa shape index (κ1) is 16.2. The average Bonchev–Trinajstić information content (AvgIpc) is 2.65. The molecule has 0 aliphatic rings. The van der Waals surface area contributed by atoms with Gasteiger partial charge < -0.3 is 10.5 Å². The zero-order valence-electron chi connectivity index (χ0n) is 11.6. The smallest absolute Gasteiger partial charge is 0.373 e. The largest absolute Gasteiger partial charge is 0.412 e. The van der Waals surface area contributed by atoms with Crippen LogP contribution < -0.4 is 5.73 Å². The van der Waals surface area contributed by atoms with Gasteiger partial charge in [-0.1, -0.05) is 15.9 Å². The van der Waals surface area contributed by atoms with Crippen molar-refractivity contribution in [2.75, 3.05) is 0 Å². The van der Waals surface area contributed by atoms with Crippen molar-refractivity contribution in [3.05, 3.63) is 25.9 Å². The Balaban J connectivity index is 2.80. The number of primary amides is 1. The number of ether oxygens (including phenoxy) is 1. The SMILES string of the molecule is CC(C)(C)n1nc(I)c2cc(Br)cc(C(=O)OC(N)=O)c21. The average molecular weight is 466 g/mol. The second-order valence-electron chi connectivity index (χ2n) is 5.43. The number of carbonyl (C=O) groups excluding carboxylic acids is 2. The summed E-state index contributed by atoms with van der Waals surface area (Å²) in [5.74, 6) is -0.796. The number of nitrogens with two attached hydrogens (primary N) is 1. The summed E-state index contributed by atoms with van der Waals surface area (Å²) in [6.07, 6.45) is -1.13. The third kappa shape index (κ3) is 3.20. The second-order valence-corrected chi connectivity index (χ2v) is 7.37. The van der Waals surface area contributed by atoms with Crippen LogP contribution in [0, 0.1) is 3.70 Å². The number of hydrogen-bond donors (Lipinski definition) is 1. The Morgan fingerprint density at radius 1 is 1.38 bits per heavy atom. The first-order valence-electron chi connectivity index (χ1n) is 6.01. The van der Waals surface area contributed by atoms with E-state index in [1.165, 1.54) is 0 Å². The molecule has 0 radical (unpaired) electrons. The van der Waals surface area contributed by atoms with Crippen molar-refractivity contribution < 1.29 is 14.3 Å². The molecule has 0 fully saturated rings. The number of aromatic nitrogens is 2. The number of benzene rings is 1.